The van der Waals surface area contributed by atoms with Crippen LogP contribution in [0.2, 0.25) is 0 Å². The van der Waals surface area contributed by atoms with Crippen molar-refractivity contribution in [1.29, 1.82) is 0 Å². The van der Waals surface area contributed by atoms with Crippen molar-refractivity contribution >= 4 is 0 Å². The number of ether oxygens (including phenoxy) is 1. The Morgan fingerprint density at radius 1 is 0.900 bits per heavy atom. The summed E-state index contributed by atoms with van der Waals surface area (Å²) in [5.74, 6) is -4.38. The molecule has 1 aromatic carbocycles. The molecular weight excluding hydrogens is 399 g/mol. The van der Waals surface area contributed by atoms with E-state index in [4.69, 9.17) is 4.74 Å². The highest BCUT2D eigenvalue weighted by atomic mass is 19.3. The van der Waals surface area contributed by atoms with E-state index in [1.807, 2.05) is 0 Å². The van der Waals surface area contributed by atoms with Crippen LogP contribution in [0.3, 0.4) is 0 Å². The van der Waals surface area contributed by atoms with Gasteiger partial charge in [0.1, 0.15) is 5.75 Å². The lowest BCUT2D eigenvalue weighted by Gasteiger charge is -2.39. The van der Waals surface area contributed by atoms with Gasteiger partial charge in [-0.1, -0.05) is 39.0 Å². The summed E-state index contributed by atoms with van der Waals surface area (Å²) in [6.07, 6.45) is 7.33. The number of halogens is 5. The molecule has 0 amide bonds. The number of benzene rings is 1. The van der Waals surface area contributed by atoms with Crippen LogP contribution in [0.4, 0.5) is 22.0 Å². The van der Waals surface area contributed by atoms with Crippen LogP contribution in [0.15, 0.2) is 6.07 Å². The van der Waals surface area contributed by atoms with Crippen molar-refractivity contribution in [3.05, 3.63) is 29.1 Å². The number of hydrogen-bond donors (Lipinski definition) is 0. The van der Waals surface area contributed by atoms with Gasteiger partial charge in [-0.25, -0.2) is 13.2 Å². The molecule has 170 valence electrons. The zero-order valence-electron chi connectivity index (χ0n) is 18.0. The number of rotatable bonds is 7. The third kappa shape index (κ3) is 5.28. The molecular formula is C24H33F5O. The van der Waals surface area contributed by atoms with E-state index in [1.54, 1.807) is 0 Å². The zero-order chi connectivity index (χ0) is 21.9. The van der Waals surface area contributed by atoms with Gasteiger partial charge in [0.25, 0.3) is 0 Å². The summed E-state index contributed by atoms with van der Waals surface area (Å²) in [5, 5.41) is 0. The Labute approximate surface area is 176 Å². The second-order valence-corrected chi connectivity index (χ2v) is 9.31. The largest absolute Gasteiger partial charge is 0.432 e. The SMILES string of the molecule is CCCCC1CCC(C2CCC(C(F)(F)Oc3cc(F)c(F)c(F)c3C)CC2)CC1. The molecule has 0 spiro atoms. The lowest BCUT2D eigenvalue weighted by Crippen LogP contribution is -2.38. The molecule has 0 bridgehead atoms. The van der Waals surface area contributed by atoms with E-state index in [1.165, 1.54) is 44.9 Å². The van der Waals surface area contributed by atoms with E-state index in [0.717, 1.165) is 25.7 Å². The van der Waals surface area contributed by atoms with Crippen molar-refractivity contribution in [2.24, 2.45) is 23.7 Å². The Balaban J connectivity index is 1.53. The first-order valence-electron chi connectivity index (χ1n) is 11.4. The van der Waals surface area contributed by atoms with Gasteiger partial charge >= 0.3 is 6.11 Å². The average Bonchev–Trinajstić information content (AvgIpc) is 2.75. The predicted octanol–water partition coefficient (Wildman–Crippen LogP) is 8.19. The molecule has 3 rings (SSSR count). The molecule has 6 heteroatoms. The van der Waals surface area contributed by atoms with Crippen molar-refractivity contribution in [2.75, 3.05) is 0 Å². The lowest BCUT2D eigenvalue weighted by molar-refractivity contribution is -0.224. The quantitative estimate of drug-likeness (QED) is 0.312. The molecule has 0 radical (unpaired) electrons. The van der Waals surface area contributed by atoms with Crippen LogP contribution < -0.4 is 4.74 Å². The van der Waals surface area contributed by atoms with E-state index in [0.29, 0.717) is 30.7 Å². The highest BCUT2D eigenvalue weighted by Crippen LogP contribution is 2.46. The Hall–Kier alpha value is -1.33. The molecule has 2 aliphatic rings. The molecule has 0 unspecified atom stereocenters. The number of unbranched alkanes of at least 4 members (excludes halogenated alkanes) is 1. The van der Waals surface area contributed by atoms with Gasteiger partial charge in [0.15, 0.2) is 17.5 Å². The fourth-order valence-corrected chi connectivity index (χ4v) is 5.37. The normalized spacial score (nSPS) is 27.8. The van der Waals surface area contributed by atoms with Gasteiger partial charge in [-0.2, -0.15) is 8.78 Å². The van der Waals surface area contributed by atoms with Crippen LogP contribution in [0.5, 0.6) is 5.75 Å². The van der Waals surface area contributed by atoms with Crippen molar-refractivity contribution in [2.45, 2.75) is 90.6 Å². The van der Waals surface area contributed by atoms with Crippen molar-refractivity contribution in [3.63, 3.8) is 0 Å². The topological polar surface area (TPSA) is 9.23 Å². The van der Waals surface area contributed by atoms with Crippen LogP contribution in [-0.4, -0.2) is 6.11 Å². The Kier molecular flexibility index (Phi) is 7.67. The highest BCUT2D eigenvalue weighted by Gasteiger charge is 2.45. The molecule has 0 N–H and O–H groups in total. The Morgan fingerprint density at radius 3 is 2.03 bits per heavy atom. The van der Waals surface area contributed by atoms with Gasteiger partial charge in [-0.05, 0) is 63.2 Å². The van der Waals surface area contributed by atoms with Crippen molar-refractivity contribution in [3.8, 4) is 5.75 Å². The summed E-state index contributed by atoms with van der Waals surface area (Å²) >= 11 is 0. The first kappa shape index (κ1) is 23.3. The van der Waals surface area contributed by atoms with E-state index in [9.17, 15) is 22.0 Å². The number of alkyl halides is 2. The van der Waals surface area contributed by atoms with E-state index in [2.05, 4.69) is 6.92 Å². The molecule has 1 aromatic rings. The smallest absolute Gasteiger partial charge is 0.400 e. The van der Waals surface area contributed by atoms with Crippen molar-refractivity contribution in [1.82, 2.24) is 0 Å². The molecule has 2 aliphatic carbocycles. The van der Waals surface area contributed by atoms with E-state index in [-0.39, 0.29) is 0 Å². The first-order chi connectivity index (χ1) is 14.2. The van der Waals surface area contributed by atoms with Crippen molar-refractivity contribution < 1.29 is 26.7 Å². The summed E-state index contributed by atoms with van der Waals surface area (Å²) < 4.78 is 74.6. The van der Waals surface area contributed by atoms with Gasteiger partial charge in [0, 0.05) is 11.6 Å². The Morgan fingerprint density at radius 2 is 1.47 bits per heavy atom. The minimum Gasteiger partial charge on any atom is -0.432 e. The molecule has 0 atom stereocenters. The van der Waals surface area contributed by atoms with E-state index >= 15 is 0 Å². The van der Waals surface area contributed by atoms with Crippen LogP contribution >= 0.6 is 0 Å². The Bertz CT molecular complexity index is 704. The fraction of sp³-hybridized carbons (Fsp3) is 0.750. The molecule has 0 heterocycles. The third-order valence-electron chi connectivity index (χ3n) is 7.38. The fourth-order valence-electron chi connectivity index (χ4n) is 5.37. The van der Waals surface area contributed by atoms with Gasteiger partial charge in [0.2, 0.25) is 0 Å². The maximum absolute atomic E-state index is 14.7. The standard InChI is InChI=1S/C24H33F5O/c1-3-4-5-16-6-8-17(9-7-16)18-10-12-19(13-11-18)24(28,29)30-21-14-20(25)23(27)22(26)15(21)2/h14,16-19H,3-13H2,1-2H3. The van der Waals surface area contributed by atoms with Gasteiger partial charge in [-0.3, -0.25) is 0 Å². The maximum Gasteiger partial charge on any atom is 0.400 e. The molecule has 2 fully saturated rings. The van der Waals surface area contributed by atoms with Crippen LogP contribution in [0.25, 0.3) is 0 Å². The summed E-state index contributed by atoms with van der Waals surface area (Å²) in [4.78, 5) is 0. The number of hydrogen-bond acceptors (Lipinski definition) is 1. The summed E-state index contributed by atoms with van der Waals surface area (Å²) in [6, 6.07) is 0.504. The lowest BCUT2D eigenvalue weighted by atomic mass is 9.68. The second-order valence-electron chi connectivity index (χ2n) is 9.31. The average molecular weight is 433 g/mol. The molecule has 2 saturated carbocycles. The summed E-state index contributed by atoms with van der Waals surface area (Å²) in [6.45, 7) is 3.32. The van der Waals surface area contributed by atoms with E-state index < -0.39 is 40.8 Å². The highest BCUT2D eigenvalue weighted by molar-refractivity contribution is 5.35. The summed E-state index contributed by atoms with van der Waals surface area (Å²) in [7, 11) is 0. The second kappa shape index (κ2) is 9.86. The minimum absolute atomic E-state index is 0.332. The third-order valence-corrected chi connectivity index (χ3v) is 7.38. The zero-order valence-corrected chi connectivity index (χ0v) is 18.0. The van der Waals surface area contributed by atoms with Crippen LogP contribution in [-0.2, 0) is 0 Å². The molecule has 0 saturated heterocycles. The van der Waals surface area contributed by atoms with Crippen LogP contribution in [0.1, 0.15) is 83.1 Å². The molecule has 1 nitrogen and oxygen atoms in total. The van der Waals surface area contributed by atoms with Gasteiger partial charge < -0.3 is 4.74 Å². The predicted molar refractivity (Wildman–Crippen MR) is 107 cm³/mol. The molecule has 30 heavy (non-hydrogen) atoms. The summed E-state index contributed by atoms with van der Waals surface area (Å²) in [5.41, 5.74) is -0.443. The first-order valence-corrected chi connectivity index (χ1v) is 11.4. The monoisotopic (exact) mass is 432 g/mol. The molecule has 0 aliphatic heterocycles. The van der Waals surface area contributed by atoms with Gasteiger partial charge in [0.05, 0.1) is 5.92 Å². The maximum atomic E-state index is 14.7. The molecule has 0 aromatic heterocycles. The van der Waals surface area contributed by atoms with Gasteiger partial charge in [-0.15, -0.1) is 0 Å². The van der Waals surface area contributed by atoms with Crippen LogP contribution in [0, 0.1) is 48.0 Å². The minimum atomic E-state index is -3.54.